The lowest BCUT2D eigenvalue weighted by atomic mass is 9.92. The van der Waals surface area contributed by atoms with Crippen molar-refractivity contribution in [3.8, 4) is 0 Å². The van der Waals surface area contributed by atoms with E-state index >= 15 is 0 Å². The molecule has 2 aromatic rings. The maximum Gasteiger partial charge on any atom is 0.332 e. The van der Waals surface area contributed by atoms with Crippen LogP contribution in [0.2, 0.25) is 0 Å². The summed E-state index contributed by atoms with van der Waals surface area (Å²) in [6.45, 7) is 2.66. The van der Waals surface area contributed by atoms with E-state index < -0.39 is 52.4 Å². The molecule has 1 fully saturated rings. The predicted octanol–water partition coefficient (Wildman–Crippen LogP) is 0.328. The number of nitrogen functional groups attached to an aromatic ring is 1. The average Bonchev–Trinajstić information content (AvgIpc) is 2.94. The number of halogens is 1. The van der Waals surface area contributed by atoms with Crippen LogP contribution in [-0.2, 0) is 23.9 Å². The molecule has 1 aromatic heterocycles. The van der Waals surface area contributed by atoms with E-state index in [0.717, 1.165) is 21.3 Å². The zero-order chi connectivity index (χ0) is 23.1. The minimum Gasteiger partial charge on any atom is -0.384 e. The summed E-state index contributed by atoms with van der Waals surface area (Å²) < 4.78 is 15.1. The fourth-order valence-electron chi connectivity index (χ4n) is 3.53. The molecule has 0 radical (unpaired) electrons. The van der Waals surface area contributed by atoms with Gasteiger partial charge in [0, 0.05) is 13.6 Å². The number of anilines is 1. The molecule has 11 heteroatoms. The SMILES string of the molecule is CCCn1c(N)c(C(=O)CN2C(=O)NC(C)(c3ccc(F)cc3)C2=O)c(=O)n(C)c1=O. The topological polar surface area (TPSA) is 136 Å². The Hall–Kier alpha value is -3.76. The van der Waals surface area contributed by atoms with Crippen molar-refractivity contribution in [2.45, 2.75) is 32.4 Å². The summed E-state index contributed by atoms with van der Waals surface area (Å²) in [6.07, 6.45) is 0.527. The number of nitrogens with one attached hydrogen (secondary N) is 1. The fraction of sp³-hybridized carbons (Fsp3) is 0.350. The summed E-state index contributed by atoms with van der Waals surface area (Å²) in [4.78, 5) is 63.8. The molecule has 10 nitrogen and oxygen atoms in total. The Balaban J connectivity index is 1.97. The van der Waals surface area contributed by atoms with Gasteiger partial charge in [-0.05, 0) is 31.0 Å². The lowest BCUT2D eigenvalue weighted by Gasteiger charge is -2.22. The minimum atomic E-state index is -1.51. The van der Waals surface area contributed by atoms with Gasteiger partial charge in [0.25, 0.3) is 11.5 Å². The van der Waals surface area contributed by atoms with E-state index in [1.54, 1.807) is 6.92 Å². The summed E-state index contributed by atoms with van der Waals surface area (Å²) in [5.41, 5.74) is 2.71. The van der Waals surface area contributed by atoms with E-state index in [1.165, 1.54) is 26.1 Å². The molecule has 1 aliphatic rings. The van der Waals surface area contributed by atoms with Crippen molar-refractivity contribution in [1.29, 1.82) is 0 Å². The first-order chi connectivity index (χ1) is 14.5. The Labute approximate surface area is 176 Å². The number of imide groups is 1. The van der Waals surface area contributed by atoms with Gasteiger partial charge in [0.2, 0.25) is 0 Å². The van der Waals surface area contributed by atoms with E-state index in [2.05, 4.69) is 5.32 Å². The summed E-state index contributed by atoms with van der Waals surface area (Å²) in [7, 11) is 1.21. The number of carbonyl (C=O) groups excluding carboxylic acids is 3. The molecule has 1 unspecified atom stereocenters. The van der Waals surface area contributed by atoms with Crippen molar-refractivity contribution in [2.75, 3.05) is 12.3 Å². The van der Waals surface area contributed by atoms with Gasteiger partial charge in [-0.1, -0.05) is 19.1 Å². The molecular formula is C20H22FN5O5. The first kappa shape index (κ1) is 21.9. The number of ketones is 1. The van der Waals surface area contributed by atoms with E-state index in [0.29, 0.717) is 16.9 Å². The van der Waals surface area contributed by atoms with E-state index in [9.17, 15) is 28.4 Å². The fourth-order valence-corrected chi connectivity index (χ4v) is 3.53. The van der Waals surface area contributed by atoms with Crippen LogP contribution in [0.25, 0.3) is 0 Å². The third-order valence-corrected chi connectivity index (χ3v) is 5.31. The monoisotopic (exact) mass is 431 g/mol. The summed E-state index contributed by atoms with van der Waals surface area (Å²) in [5.74, 6) is -2.44. The van der Waals surface area contributed by atoms with Crippen LogP contribution in [0.4, 0.5) is 15.0 Å². The number of carbonyl (C=O) groups is 3. The van der Waals surface area contributed by atoms with Crippen LogP contribution in [0.5, 0.6) is 0 Å². The maximum atomic E-state index is 13.2. The molecule has 0 spiro atoms. The lowest BCUT2D eigenvalue weighted by molar-refractivity contribution is -0.130. The van der Waals surface area contributed by atoms with Crippen LogP contribution in [0, 0.1) is 5.82 Å². The Morgan fingerprint density at radius 2 is 1.77 bits per heavy atom. The second-order valence-corrected chi connectivity index (χ2v) is 7.44. The van der Waals surface area contributed by atoms with Gasteiger partial charge in [-0.15, -0.1) is 0 Å². The van der Waals surface area contributed by atoms with Gasteiger partial charge < -0.3 is 11.1 Å². The Morgan fingerprint density at radius 1 is 1.16 bits per heavy atom. The molecule has 0 bridgehead atoms. The van der Waals surface area contributed by atoms with E-state index in [1.807, 2.05) is 0 Å². The average molecular weight is 431 g/mol. The molecule has 1 aliphatic heterocycles. The maximum absolute atomic E-state index is 13.2. The van der Waals surface area contributed by atoms with Crippen LogP contribution in [0.1, 0.15) is 36.2 Å². The van der Waals surface area contributed by atoms with Gasteiger partial charge in [-0.2, -0.15) is 0 Å². The number of hydrogen-bond acceptors (Lipinski definition) is 6. The Bertz CT molecular complexity index is 1200. The van der Waals surface area contributed by atoms with Crippen LogP contribution < -0.4 is 22.3 Å². The number of benzene rings is 1. The standard InChI is InChI=1S/C20H22FN5O5/c1-4-9-25-15(22)14(16(28)24(3)19(25)31)13(27)10-26-17(29)20(2,23-18(26)30)11-5-7-12(21)8-6-11/h5-8H,4,9-10,22H2,1-3H3,(H,23,30). The van der Waals surface area contributed by atoms with Gasteiger partial charge in [-0.25, -0.2) is 14.0 Å². The highest BCUT2D eigenvalue weighted by Crippen LogP contribution is 2.29. The van der Waals surface area contributed by atoms with E-state index in [-0.39, 0.29) is 12.4 Å². The third kappa shape index (κ3) is 3.51. The normalized spacial score (nSPS) is 18.4. The number of rotatable bonds is 6. The van der Waals surface area contributed by atoms with Gasteiger partial charge in [-0.3, -0.25) is 28.4 Å². The van der Waals surface area contributed by atoms with Gasteiger partial charge >= 0.3 is 11.7 Å². The number of urea groups is 1. The molecule has 1 atom stereocenters. The second-order valence-electron chi connectivity index (χ2n) is 7.44. The first-order valence-electron chi connectivity index (χ1n) is 9.55. The van der Waals surface area contributed by atoms with Crippen LogP contribution in [-0.4, -0.2) is 38.3 Å². The van der Waals surface area contributed by atoms with Gasteiger partial charge in [0.15, 0.2) is 5.78 Å². The Morgan fingerprint density at radius 3 is 2.35 bits per heavy atom. The highest BCUT2D eigenvalue weighted by molar-refractivity contribution is 6.12. The number of amides is 3. The van der Waals surface area contributed by atoms with Crippen molar-refractivity contribution in [3.05, 3.63) is 62.0 Å². The first-order valence-corrected chi connectivity index (χ1v) is 9.55. The molecule has 0 aliphatic carbocycles. The molecule has 3 rings (SSSR count). The molecule has 31 heavy (non-hydrogen) atoms. The lowest BCUT2D eigenvalue weighted by Crippen LogP contribution is -2.45. The molecule has 1 saturated heterocycles. The largest absolute Gasteiger partial charge is 0.384 e. The second kappa shape index (κ2) is 7.82. The van der Waals surface area contributed by atoms with Crippen LogP contribution in [0.3, 0.4) is 0 Å². The number of nitrogens with two attached hydrogens (primary N) is 1. The van der Waals surface area contributed by atoms with Crippen LogP contribution >= 0.6 is 0 Å². The number of aromatic nitrogens is 2. The summed E-state index contributed by atoms with van der Waals surface area (Å²) >= 11 is 0. The highest BCUT2D eigenvalue weighted by atomic mass is 19.1. The quantitative estimate of drug-likeness (QED) is 0.500. The number of nitrogens with zero attached hydrogens (tertiary/aromatic N) is 3. The predicted molar refractivity (Wildman–Crippen MR) is 109 cm³/mol. The molecule has 3 N–H and O–H groups in total. The zero-order valence-electron chi connectivity index (χ0n) is 17.3. The molecule has 0 saturated carbocycles. The third-order valence-electron chi connectivity index (χ3n) is 5.31. The van der Waals surface area contributed by atoms with Crippen molar-refractivity contribution < 1.29 is 18.8 Å². The molecule has 1 aromatic carbocycles. The van der Waals surface area contributed by atoms with Crippen molar-refractivity contribution >= 4 is 23.5 Å². The molecule has 164 valence electrons. The van der Waals surface area contributed by atoms with Crippen molar-refractivity contribution in [1.82, 2.24) is 19.4 Å². The molecule has 3 amide bonds. The van der Waals surface area contributed by atoms with Gasteiger partial charge in [0.1, 0.15) is 22.7 Å². The van der Waals surface area contributed by atoms with Crippen LogP contribution in [0.15, 0.2) is 33.9 Å². The van der Waals surface area contributed by atoms with Gasteiger partial charge in [0.05, 0.1) is 6.54 Å². The molecule has 2 heterocycles. The van der Waals surface area contributed by atoms with Crippen molar-refractivity contribution in [2.24, 2.45) is 7.05 Å². The zero-order valence-corrected chi connectivity index (χ0v) is 17.3. The highest BCUT2D eigenvalue weighted by Gasteiger charge is 2.49. The summed E-state index contributed by atoms with van der Waals surface area (Å²) in [5, 5.41) is 2.50. The van der Waals surface area contributed by atoms with Crippen molar-refractivity contribution in [3.63, 3.8) is 0 Å². The number of hydrogen-bond donors (Lipinski definition) is 2. The summed E-state index contributed by atoms with van der Waals surface area (Å²) in [6, 6.07) is 4.16. The minimum absolute atomic E-state index is 0.185. The smallest absolute Gasteiger partial charge is 0.332 e. The van der Waals surface area contributed by atoms with E-state index in [4.69, 9.17) is 5.73 Å². The molecular weight excluding hydrogens is 409 g/mol. The number of Topliss-reactive ketones (excluding diaryl/α,β-unsaturated/α-hetero) is 1. The Kier molecular flexibility index (Phi) is 5.53.